The zero-order chi connectivity index (χ0) is 15.7. The molecule has 0 saturated heterocycles. The average molecular weight is 321 g/mol. The highest BCUT2D eigenvalue weighted by atomic mass is 35.5. The fraction of sp³-hybridized carbons (Fsp3) is 0.333. The van der Waals surface area contributed by atoms with E-state index in [2.05, 4.69) is 14.9 Å². The first-order valence-electron chi connectivity index (χ1n) is 7.02. The van der Waals surface area contributed by atoms with Gasteiger partial charge in [-0.15, -0.1) is 0 Å². The summed E-state index contributed by atoms with van der Waals surface area (Å²) in [5, 5.41) is 3.26. The zero-order valence-corrected chi connectivity index (χ0v) is 12.9. The Hall–Kier alpha value is -2.21. The summed E-state index contributed by atoms with van der Waals surface area (Å²) in [6, 6.07) is 3.08. The Kier molecular flexibility index (Phi) is 3.94. The SMILES string of the molecule is COc1cc(N)c(Cl)cc1C(=O)NCC1CCn2ccnc21. The van der Waals surface area contributed by atoms with Crippen LogP contribution in [0.5, 0.6) is 5.75 Å². The molecule has 1 aromatic heterocycles. The van der Waals surface area contributed by atoms with Crippen molar-refractivity contribution >= 4 is 23.2 Å². The van der Waals surface area contributed by atoms with E-state index in [1.54, 1.807) is 12.3 Å². The lowest BCUT2D eigenvalue weighted by Gasteiger charge is -2.13. The number of nitrogen functional groups attached to an aromatic ring is 1. The molecular formula is C15H17ClN4O2. The van der Waals surface area contributed by atoms with Crippen molar-refractivity contribution in [3.8, 4) is 5.75 Å². The summed E-state index contributed by atoms with van der Waals surface area (Å²) in [6.45, 7) is 1.47. The molecule has 3 N–H and O–H groups in total. The van der Waals surface area contributed by atoms with E-state index >= 15 is 0 Å². The van der Waals surface area contributed by atoms with E-state index in [4.69, 9.17) is 22.1 Å². The van der Waals surface area contributed by atoms with Gasteiger partial charge >= 0.3 is 0 Å². The van der Waals surface area contributed by atoms with E-state index in [-0.39, 0.29) is 11.8 Å². The Balaban J connectivity index is 1.72. The van der Waals surface area contributed by atoms with Crippen molar-refractivity contribution in [3.63, 3.8) is 0 Å². The molecule has 0 spiro atoms. The Morgan fingerprint density at radius 2 is 2.41 bits per heavy atom. The molecule has 2 aromatic rings. The number of hydrogen-bond donors (Lipinski definition) is 2. The third-order valence-corrected chi connectivity index (χ3v) is 4.23. The van der Waals surface area contributed by atoms with E-state index in [0.717, 1.165) is 18.8 Å². The second kappa shape index (κ2) is 5.88. The highest BCUT2D eigenvalue weighted by Gasteiger charge is 2.24. The monoisotopic (exact) mass is 320 g/mol. The van der Waals surface area contributed by atoms with E-state index < -0.39 is 0 Å². The molecule has 7 heteroatoms. The lowest BCUT2D eigenvalue weighted by molar-refractivity contribution is 0.0948. The summed E-state index contributed by atoms with van der Waals surface area (Å²) < 4.78 is 7.31. The number of rotatable bonds is 4. The summed E-state index contributed by atoms with van der Waals surface area (Å²) in [5.41, 5.74) is 6.49. The van der Waals surface area contributed by atoms with Crippen molar-refractivity contribution in [1.29, 1.82) is 0 Å². The number of aryl methyl sites for hydroxylation is 1. The maximum atomic E-state index is 12.4. The number of carbonyl (C=O) groups excluding carboxylic acids is 1. The first kappa shape index (κ1) is 14.7. The van der Waals surface area contributed by atoms with Gasteiger partial charge in [0.2, 0.25) is 0 Å². The highest BCUT2D eigenvalue weighted by molar-refractivity contribution is 6.33. The number of nitrogens with zero attached hydrogens (tertiary/aromatic N) is 2. The van der Waals surface area contributed by atoms with Crippen LogP contribution in [-0.2, 0) is 6.54 Å². The molecule has 2 heterocycles. The van der Waals surface area contributed by atoms with Crippen molar-refractivity contribution in [2.24, 2.45) is 0 Å². The molecular weight excluding hydrogens is 304 g/mol. The number of benzene rings is 1. The average Bonchev–Trinajstić information content (AvgIpc) is 3.10. The van der Waals surface area contributed by atoms with Crippen molar-refractivity contribution in [2.75, 3.05) is 19.4 Å². The molecule has 6 nitrogen and oxygen atoms in total. The number of halogens is 1. The van der Waals surface area contributed by atoms with Crippen LogP contribution in [0, 0.1) is 0 Å². The number of imidazole rings is 1. The van der Waals surface area contributed by atoms with E-state index in [9.17, 15) is 4.79 Å². The molecule has 1 aliphatic rings. The minimum absolute atomic E-state index is 0.231. The van der Waals surface area contributed by atoms with Gasteiger partial charge in [-0.05, 0) is 12.5 Å². The maximum Gasteiger partial charge on any atom is 0.255 e. The lowest BCUT2D eigenvalue weighted by Crippen LogP contribution is -2.28. The number of amides is 1. The first-order valence-corrected chi connectivity index (χ1v) is 7.40. The molecule has 0 bridgehead atoms. The van der Waals surface area contributed by atoms with Crippen LogP contribution >= 0.6 is 11.6 Å². The normalized spacial score (nSPS) is 16.4. The Labute approximate surface area is 133 Å². The van der Waals surface area contributed by atoms with Crippen molar-refractivity contribution in [3.05, 3.63) is 40.9 Å². The number of methoxy groups -OCH3 is 1. The number of hydrogen-bond acceptors (Lipinski definition) is 4. The second-order valence-corrected chi connectivity index (χ2v) is 5.66. The van der Waals surface area contributed by atoms with Gasteiger partial charge in [0.05, 0.1) is 23.4 Å². The fourth-order valence-corrected chi connectivity index (χ4v) is 2.88. The molecule has 22 heavy (non-hydrogen) atoms. The van der Waals surface area contributed by atoms with Gasteiger partial charge in [0.25, 0.3) is 5.91 Å². The number of aromatic nitrogens is 2. The molecule has 3 rings (SSSR count). The Morgan fingerprint density at radius 1 is 1.59 bits per heavy atom. The lowest BCUT2D eigenvalue weighted by atomic mass is 10.1. The molecule has 1 atom stereocenters. The highest BCUT2D eigenvalue weighted by Crippen LogP contribution is 2.29. The van der Waals surface area contributed by atoms with Crippen molar-refractivity contribution < 1.29 is 9.53 Å². The van der Waals surface area contributed by atoms with E-state index in [1.165, 1.54) is 13.2 Å². The largest absolute Gasteiger partial charge is 0.496 e. The van der Waals surface area contributed by atoms with Crippen LogP contribution in [-0.4, -0.2) is 29.1 Å². The number of fused-ring (bicyclic) bond motifs is 1. The summed E-state index contributed by atoms with van der Waals surface area (Å²) in [7, 11) is 1.49. The molecule has 0 fully saturated rings. The van der Waals surface area contributed by atoms with Crippen LogP contribution < -0.4 is 15.8 Å². The predicted octanol–water partition coefficient (Wildman–Crippen LogP) is 2.04. The van der Waals surface area contributed by atoms with Crippen LogP contribution in [0.25, 0.3) is 0 Å². The number of carbonyl (C=O) groups is 1. The first-order chi connectivity index (χ1) is 10.6. The fourth-order valence-electron chi connectivity index (χ4n) is 2.71. The van der Waals surface area contributed by atoms with E-state index in [0.29, 0.717) is 28.6 Å². The van der Waals surface area contributed by atoms with Gasteiger partial charge in [-0.1, -0.05) is 11.6 Å². The molecule has 1 unspecified atom stereocenters. The molecule has 1 aromatic carbocycles. The predicted molar refractivity (Wildman–Crippen MR) is 84.3 cm³/mol. The number of anilines is 1. The smallest absolute Gasteiger partial charge is 0.255 e. The van der Waals surface area contributed by atoms with Gasteiger partial charge in [0.1, 0.15) is 11.6 Å². The number of nitrogens with two attached hydrogens (primary N) is 1. The maximum absolute atomic E-state index is 12.4. The number of nitrogens with one attached hydrogen (secondary N) is 1. The Morgan fingerprint density at radius 3 is 3.18 bits per heavy atom. The Bertz CT molecular complexity index is 714. The standard InChI is InChI=1S/C15H17ClN4O2/c1-22-13-7-12(17)11(16)6-10(13)15(21)19-8-9-2-4-20-5-3-18-14(9)20/h3,5-7,9H,2,4,8,17H2,1H3,(H,19,21). The second-order valence-electron chi connectivity index (χ2n) is 5.25. The molecule has 116 valence electrons. The molecule has 1 amide bonds. The third kappa shape index (κ3) is 2.62. The van der Waals surface area contributed by atoms with E-state index in [1.807, 2.05) is 6.20 Å². The van der Waals surface area contributed by atoms with Gasteiger partial charge in [0, 0.05) is 37.5 Å². The van der Waals surface area contributed by atoms with Crippen LogP contribution in [0.15, 0.2) is 24.5 Å². The van der Waals surface area contributed by atoms with Crippen LogP contribution in [0.4, 0.5) is 5.69 Å². The summed E-state index contributed by atoms with van der Waals surface area (Å²) in [4.78, 5) is 16.7. The third-order valence-electron chi connectivity index (χ3n) is 3.90. The van der Waals surface area contributed by atoms with Gasteiger partial charge < -0.3 is 20.4 Å². The summed E-state index contributed by atoms with van der Waals surface area (Å²) in [6.07, 6.45) is 4.72. The van der Waals surface area contributed by atoms with Crippen molar-refractivity contribution in [2.45, 2.75) is 18.9 Å². The quantitative estimate of drug-likeness (QED) is 0.845. The van der Waals surface area contributed by atoms with Crippen LogP contribution in [0.3, 0.4) is 0 Å². The molecule has 0 radical (unpaired) electrons. The molecule has 0 aliphatic carbocycles. The molecule has 1 aliphatic heterocycles. The van der Waals surface area contributed by atoms with Gasteiger partial charge in [-0.25, -0.2) is 4.98 Å². The van der Waals surface area contributed by atoms with Crippen LogP contribution in [0.1, 0.15) is 28.5 Å². The van der Waals surface area contributed by atoms with Crippen molar-refractivity contribution in [1.82, 2.24) is 14.9 Å². The molecule has 0 saturated carbocycles. The summed E-state index contributed by atoms with van der Waals surface area (Å²) >= 11 is 5.99. The van der Waals surface area contributed by atoms with Gasteiger partial charge in [-0.2, -0.15) is 0 Å². The zero-order valence-electron chi connectivity index (χ0n) is 12.2. The minimum Gasteiger partial charge on any atom is -0.496 e. The topological polar surface area (TPSA) is 82.2 Å². The van der Waals surface area contributed by atoms with Gasteiger partial charge in [-0.3, -0.25) is 4.79 Å². The minimum atomic E-state index is -0.233. The van der Waals surface area contributed by atoms with Crippen LogP contribution in [0.2, 0.25) is 5.02 Å². The van der Waals surface area contributed by atoms with Gasteiger partial charge in [0.15, 0.2) is 0 Å². The number of ether oxygens (including phenoxy) is 1. The summed E-state index contributed by atoms with van der Waals surface area (Å²) in [5.74, 6) is 1.42.